The number of methoxy groups -OCH3 is 1. The predicted molar refractivity (Wildman–Crippen MR) is 77.0 cm³/mol. The van der Waals surface area contributed by atoms with Crippen LogP contribution in [0, 0.1) is 0 Å². The topological polar surface area (TPSA) is 12.5 Å². The van der Waals surface area contributed by atoms with Gasteiger partial charge in [0.2, 0.25) is 0 Å². The van der Waals surface area contributed by atoms with Crippen molar-refractivity contribution in [3.63, 3.8) is 0 Å². The largest absolute Gasteiger partial charge is 0.496 e. The summed E-state index contributed by atoms with van der Waals surface area (Å²) in [5.74, 6) is 0.958. The first kappa shape index (κ1) is 14.5. The van der Waals surface area contributed by atoms with Crippen LogP contribution in [0.3, 0.4) is 0 Å². The fourth-order valence-electron chi connectivity index (χ4n) is 1.76. The first-order valence-electron chi connectivity index (χ1n) is 5.76. The van der Waals surface area contributed by atoms with Crippen molar-refractivity contribution in [2.24, 2.45) is 0 Å². The summed E-state index contributed by atoms with van der Waals surface area (Å²) in [5, 5.41) is 0. The first-order chi connectivity index (χ1) is 7.77. The molecule has 0 saturated heterocycles. The molecule has 0 bridgehead atoms. The minimum absolute atomic E-state index is 0.0837. The van der Waals surface area contributed by atoms with E-state index in [-0.39, 0.29) is 10.4 Å². The van der Waals surface area contributed by atoms with Crippen molar-refractivity contribution in [2.45, 2.75) is 31.1 Å². The van der Waals surface area contributed by atoms with Crippen LogP contribution in [0.25, 0.3) is 0 Å². The molecule has 0 aliphatic carbocycles. The maximum atomic E-state index is 5.44. The van der Waals surface area contributed by atoms with E-state index in [1.54, 1.807) is 7.11 Å². The maximum Gasteiger partial charge on any atom is 0.122 e. The van der Waals surface area contributed by atoms with E-state index in [2.05, 4.69) is 67.8 Å². The molecule has 1 aromatic rings. The Morgan fingerprint density at radius 2 is 1.82 bits per heavy atom. The van der Waals surface area contributed by atoms with Gasteiger partial charge in [0.15, 0.2) is 0 Å². The summed E-state index contributed by atoms with van der Waals surface area (Å²) in [7, 11) is 5.84. The molecular formula is C14H22BrNO. The third-order valence-electron chi connectivity index (χ3n) is 2.76. The highest BCUT2D eigenvalue weighted by molar-refractivity contribution is 9.09. The van der Waals surface area contributed by atoms with E-state index < -0.39 is 0 Å². The number of hydrogen-bond donors (Lipinski definition) is 0. The lowest BCUT2D eigenvalue weighted by Gasteiger charge is -2.25. The second-order valence-electron chi connectivity index (χ2n) is 5.51. The van der Waals surface area contributed by atoms with Gasteiger partial charge in [-0.1, -0.05) is 42.8 Å². The molecule has 2 nitrogen and oxygen atoms in total. The highest BCUT2D eigenvalue weighted by Crippen LogP contribution is 2.35. The summed E-state index contributed by atoms with van der Waals surface area (Å²) in [6.45, 7) is 6.61. The highest BCUT2D eigenvalue weighted by Gasteiger charge is 2.21. The van der Waals surface area contributed by atoms with Crippen LogP contribution in [-0.4, -0.2) is 26.1 Å². The molecule has 0 aliphatic heterocycles. The summed E-state index contributed by atoms with van der Waals surface area (Å²) in [6, 6.07) is 6.37. The van der Waals surface area contributed by atoms with Gasteiger partial charge in [-0.25, -0.2) is 0 Å². The van der Waals surface area contributed by atoms with Crippen LogP contribution in [0.15, 0.2) is 18.2 Å². The number of rotatable bonds is 3. The van der Waals surface area contributed by atoms with Crippen LogP contribution < -0.4 is 4.74 Å². The van der Waals surface area contributed by atoms with Gasteiger partial charge in [0.25, 0.3) is 0 Å². The highest BCUT2D eigenvalue weighted by atomic mass is 79.9. The molecule has 0 heterocycles. The lowest BCUT2D eigenvalue weighted by molar-refractivity contribution is 0.388. The van der Waals surface area contributed by atoms with Gasteiger partial charge >= 0.3 is 0 Å². The van der Waals surface area contributed by atoms with E-state index in [4.69, 9.17) is 4.74 Å². The van der Waals surface area contributed by atoms with Crippen LogP contribution in [0.1, 0.15) is 36.8 Å². The van der Waals surface area contributed by atoms with Gasteiger partial charge in [-0.15, -0.1) is 0 Å². The van der Waals surface area contributed by atoms with Crippen molar-refractivity contribution in [2.75, 3.05) is 21.2 Å². The second-order valence-corrected chi connectivity index (χ2v) is 6.38. The van der Waals surface area contributed by atoms with Gasteiger partial charge in [0.05, 0.1) is 12.1 Å². The first-order valence-corrected chi connectivity index (χ1v) is 6.68. The lowest BCUT2D eigenvalue weighted by atomic mass is 9.85. The van der Waals surface area contributed by atoms with Crippen molar-refractivity contribution in [3.05, 3.63) is 29.3 Å². The molecule has 1 atom stereocenters. The Labute approximate surface area is 113 Å². The lowest BCUT2D eigenvalue weighted by Crippen LogP contribution is -2.17. The molecular weight excluding hydrogens is 278 g/mol. The van der Waals surface area contributed by atoms with Crippen molar-refractivity contribution < 1.29 is 4.74 Å². The fourth-order valence-corrected chi connectivity index (χ4v) is 2.04. The summed E-state index contributed by atoms with van der Waals surface area (Å²) in [6.07, 6.45) is 0. The van der Waals surface area contributed by atoms with Crippen molar-refractivity contribution in [3.8, 4) is 5.75 Å². The Bertz CT molecular complexity index is 382. The zero-order valence-electron chi connectivity index (χ0n) is 11.5. The molecule has 1 unspecified atom stereocenters. The van der Waals surface area contributed by atoms with Crippen molar-refractivity contribution >= 4 is 15.9 Å². The Morgan fingerprint density at radius 3 is 2.24 bits per heavy atom. The van der Waals surface area contributed by atoms with E-state index >= 15 is 0 Å². The molecule has 0 aromatic heterocycles. The molecule has 3 heteroatoms. The third-order valence-corrected chi connectivity index (χ3v) is 4.11. The molecule has 0 N–H and O–H groups in total. The number of hydrogen-bond acceptors (Lipinski definition) is 2. The quantitative estimate of drug-likeness (QED) is 0.619. The van der Waals surface area contributed by atoms with Gasteiger partial charge in [-0.2, -0.15) is 0 Å². The average molecular weight is 300 g/mol. The van der Waals surface area contributed by atoms with Gasteiger partial charge in [-0.3, -0.25) is 4.90 Å². The molecule has 96 valence electrons. The molecule has 1 aromatic carbocycles. The normalized spacial score (nSPS) is 13.9. The predicted octanol–water partition coefficient (Wildman–Crippen LogP) is 3.95. The van der Waals surface area contributed by atoms with E-state index in [1.807, 2.05) is 6.07 Å². The second kappa shape index (κ2) is 5.40. The van der Waals surface area contributed by atoms with Crippen LogP contribution in [0.2, 0.25) is 0 Å². The van der Waals surface area contributed by atoms with Crippen LogP contribution in [-0.2, 0) is 5.41 Å². The van der Waals surface area contributed by atoms with Crippen LogP contribution in [0.4, 0.5) is 0 Å². The number of ether oxygens (including phenoxy) is 1. The SMILES string of the molecule is COc1ccc(C(Br)N(C)C)cc1C(C)(C)C. The maximum absolute atomic E-state index is 5.44. The zero-order chi connectivity index (χ0) is 13.2. The molecule has 0 radical (unpaired) electrons. The third kappa shape index (κ3) is 3.46. The zero-order valence-corrected chi connectivity index (χ0v) is 13.1. The summed E-state index contributed by atoms with van der Waals surface area (Å²) in [5.41, 5.74) is 2.57. The number of benzene rings is 1. The Balaban J connectivity index is 3.23. The smallest absolute Gasteiger partial charge is 0.122 e. The van der Waals surface area contributed by atoms with Crippen molar-refractivity contribution in [1.29, 1.82) is 0 Å². The van der Waals surface area contributed by atoms with E-state index in [0.29, 0.717) is 0 Å². The summed E-state index contributed by atoms with van der Waals surface area (Å²) in [4.78, 5) is 2.36. The molecule has 0 saturated carbocycles. The average Bonchev–Trinajstić information content (AvgIpc) is 2.25. The molecule has 0 fully saturated rings. The molecule has 0 aliphatic rings. The molecule has 17 heavy (non-hydrogen) atoms. The Kier molecular flexibility index (Phi) is 4.62. The molecule has 0 amide bonds. The van der Waals surface area contributed by atoms with Crippen molar-refractivity contribution in [1.82, 2.24) is 4.90 Å². The standard InChI is InChI=1S/C14H22BrNO/c1-14(2,3)11-9-10(13(15)16(4)5)7-8-12(11)17-6/h7-9,13H,1-6H3. The van der Waals surface area contributed by atoms with E-state index in [0.717, 1.165) is 5.75 Å². The molecule has 0 spiro atoms. The van der Waals surface area contributed by atoms with Gasteiger partial charge in [0.1, 0.15) is 5.75 Å². The summed E-state index contributed by atoms with van der Waals surface area (Å²) >= 11 is 3.68. The van der Waals surface area contributed by atoms with Crippen LogP contribution in [0.5, 0.6) is 5.75 Å². The molecule has 1 rings (SSSR count). The van der Waals surface area contributed by atoms with Gasteiger partial charge in [-0.05, 0) is 42.8 Å². The fraction of sp³-hybridized carbons (Fsp3) is 0.571. The van der Waals surface area contributed by atoms with Crippen LogP contribution >= 0.6 is 15.9 Å². The Hall–Kier alpha value is -0.540. The monoisotopic (exact) mass is 299 g/mol. The Morgan fingerprint density at radius 1 is 1.24 bits per heavy atom. The van der Waals surface area contributed by atoms with Gasteiger partial charge < -0.3 is 4.74 Å². The minimum Gasteiger partial charge on any atom is -0.496 e. The van der Waals surface area contributed by atoms with E-state index in [9.17, 15) is 0 Å². The number of nitrogens with zero attached hydrogens (tertiary/aromatic N) is 1. The van der Waals surface area contributed by atoms with Gasteiger partial charge in [0, 0.05) is 0 Å². The van der Waals surface area contributed by atoms with E-state index in [1.165, 1.54) is 11.1 Å². The number of halogens is 1. The summed E-state index contributed by atoms with van der Waals surface area (Å²) < 4.78 is 5.44. The minimum atomic E-state index is 0.0837. The number of alkyl halides is 1.